The number of carbonyl (C=O) groups excluding carboxylic acids is 1. The number of amides is 1. The Morgan fingerprint density at radius 1 is 0.375 bits per heavy atom. The molecule has 0 radical (unpaired) electrons. The van der Waals surface area contributed by atoms with Crippen molar-refractivity contribution in [2.24, 2.45) is 0 Å². The Hall–Kier alpha value is -0.500. The second kappa shape index (κ2) is 63.0. The number of rotatable bonds is 69. The number of nitrogens with one attached hydrogen (secondary N) is 1. The van der Waals surface area contributed by atoms with Crippen LogP contribution in [0.2, 0.25) is 0 Å². The summed E-state index contributed by atoms with van der Waals surface area (Å²) in [6.45, 7) is 4.97. The van der Waals surface area contributed by atoms with Crippen LogP contribution < -0.4 is 5.32 Å². The summed E-state index contributed by atoms with van der Waals surface area (Å²) in [5.74, 6) is -0.132. The van der Waals surface area contributed by atoms with Gasteiger partial charge >= 0.3 is 7.82 Å². The Bertz CT molecular complexity index is 1260. The smallest absolute Gasteiger partial charge is 0.391 e. The molecule has 0 saturated heterocycles. The SMILES string of the molecule is CCCCCCCCCCCCCCCCCCCCCCCCCCCCCCCCC(=O)NC(COP(=O)(O)OCC[N+](C)(C)C)C(O)CCCCCCCCCCCCCCCCCCCCCCCCCCCCCC. The lowest BCUT2D eigenvalue weighted by molar-refractivity contribution is -0.870. The van der Waals surface area contributed by atoms with Gasteiger partial charge in [-0.25, -0.2) is 4.57 Å². The molecule has 9 heteroatoms. The molecule has 1 amide bonds. The molecule has 0 rings (SSSR count). The molecule has 0 aromatic carbocycles. The van der Waals surface area contributed by atoms with Crippen molar-refractivity contribution in [2.75, 3.05) is 40.9 Å². The third-order valence-electron chi connectivity index (χ3n) is 17.4. The first kappa shape index (κ1) is 79.5. The second-order valence-corrected chi connectivity index (χ2v) is 28.1. The lowest BCUT2D eigenvalue weighted by Gasteiger charge is -2.26. The van der Waals surface area contributed by atoms with E-state index in [1.807, 2.05) is 21.1 Å². The minimum Gasteiger partial charge on any atom is -0.391 e. The molecular weight excluding hydrogens is 1010 g/mol. The van der Waals surface area contributed by atoms with E-state index in [9.17, 15) is 19.4 Å². The number of hydrogen-bond acceptors (Lipinski definition) is 5. The molecule has 0 aromatic rings. The number of unbranched alkanes of at least 4 members (excludes halogenated alkanes) is 56. The molecule has 0 spiro atoms. The fourth-order valence-corrected chi connectivity index (χ4v) is 12.4. The normalized spacial score (nSPS) is 13.5. The largest absolute Gasteiger partial charge is 0.472 e. The van der Waals surface area contributed by atoms with Crippen LogP contribution in [0.15, 0.2) is 0 Å². The number of aliphatic hydroxyl groups is 1. The summed E-state index contributed by atoms with van der Waals surface area (Å²) in [5, 5.41) is 14.2. The second-order valence-electron chi connectivity index (χ2n) is 26.7. The Balaban J connectivity index is 3.96. The highest BCUT2D eigenvalue weighted by Gasteiger charge is 2.28. The lowest BCUT2D eigenvalue weighted by Crippen LogP contribution is -2.46. The van der Waals surface area contributed by atoms with Gasteiger partial charge in [0.15, 0.2) is 0 Å². The predicted octanol–water partition coefficient (Wildman–Crippen LogP) is 23.1. The topological polar surface area (TPSA) is 105 Å². The summed E-state index contributed by atoms with van der Waals surface area (Å²) >= 11 is 0. The Kier molecular flexibility index (Phi) is 62.6. The third kappa shape index (κ3) is 65.1. The maximum Gasteiger partial charge on any atom is 0.472 e. The van der Waals surface area contributed by atoms with Crippen LogP contribution in [0.5, 0.6) is 0 Å². The van der Waals surface area contributed by atoms with Crippen molar-refractivity contribution in [3.05, 3.63) is 0 Å². The first-order valence-corrected chi connectivity index (χ1v) is 37.9. The zero-order valence-electron chi connectivity index (χ0n) is 55.1. The molecule has 3 N–H and O–H groups in total. The molecule has 0 aliphatic heterocycles. The van der Waals surface area contributed by atoms with Gasteiger partial charge in [-0.15, -0.1) is 0 Å². The van der Waals surface area contributed by atoms with Crippen molar-refractivity contribution in [2.45, 2.75) is 411 Å². The Morgan fingerprint density at radius 3 is 0.838 bits per heavy atom. The minimum absolute atomic E-state index is 0.0795. The number of hydrogen-bond donors (Lipinski definition) is 3. The quantitative estimate of drug-likeness (QED) is 0.0318. The number of likely N-dealkylation sites (N-methyl/N-ethyl adjacent to an activating group) is 1. The van der Waals surface area contributed by atoms with Crippen LogP contribution in [-0.4, -0.2) is 73.4 Å². The predicted molar refractivity (Wildman–Crippen MR) is 351 cm³/mol. The van der Waals surface area contributed by atoms with E-state index in [2.05, 4.69) is 19.2 Å². The zero-order valence-corrected chi connectivity index (χ0v) is 56.0. The number of nitrogens with zero attached hydrogens (tertiary/aromatic N) is 1. The van der Waals surface area contributed by atoms with Crippen molar-refractivity contribution < 1.29 is 32.9 Å². The first-order valence-electron chi connectivity index (χ1n) is 36.4. The third-order valence-corrected chi connectivity index (χ3v) is 18.3. The molecular formula is C71H146N2O6P+. The summed E-state index contributed by atoms with van der Waals surface area (Å²) < 4.78 is 23.9. The van der Waals surface area contributed by atoms with Gasteiger partial charge in [0.1, 0.15) is 13.2 Å². The molecule has 8 nitrogen and oxygen atoms in total. The fourth-order valence-electron chi connectivity index (χ4n) is 11.7. The average molecular weight is 1150 g/mol. The standard InChI is InChI=1S/C71H145N2O6P/c1-6-8-10-12-14-16-18-20-22-24-26-28-30-32-34-36-37-39-41-43-45-47-49-51-53-55-57-59-61-63-65-71(75)72-69(68-79-80(76,77)78-67-66-73(3,4)5)70(74)64-62-60-58-56-54-52-50-48-46-44-42-40-38-35-33-31-29-27-25-23-21-19-17-15-13-11-9-7-2/h69-70,74H,6-68H2,1-5H3,(H-,72,75,76,77)/p+1. The molecule has 0 aromatic heterocycles. The van der Waals surface area contributed by atoms with Gasteiger partial charge in [-0.2, -0.15) is 0 Å². The molecule has 480 valence electrons. The van der Waals surface area contributed by atoms with Crippen molar-refractivity contribution in [1.29, 1.82) is 0 Å². The van der Waals surface area contributed by atoms with Crippen LogP contribution in [-0.2, 0) is 18.4 Å². The highest BCUT2D eigenvalue weighted by atomic mass is 31.2. The molecule has 0 saturated carbocycles. The summed E-state index contributed by atoms with van der Waals surface area (Å²) in [4.78, 5) is 23.5. The molecule has 0 bridgehead atoms. The van der Waals surface area contributed by atoms with E-state index < -0.39 is 20.0 Å². The van der Waals surface area contributed by atoms with Gasteiger partial charge in [-0.1, -0.05) is 380 Å². The summed E-state index contributed by atoms with van der Waals surface area (Å²) in [7, 11) is 1.64. The van der Waals surface area contributed by atoms with Gasteiger partial charge in [-0.3, -0.25) is 13.8 Å². The van der Waals surface area contributed by atoms with Crippen molar-refractivity contribution >= 4 is 13.7 Å². The fraction of sp³-hybridized carbons (Fsp3) is 0.986. The molecule has 0 aliphatic rings. The van der Waals surface area contributed by atoms with E-state index in [-0.39, 0.29) is 19.1 Å². The van der Waals surface area contributed by atoms with Crippen LogP contribution >= 0.6 is 7.82 Å². The van der Waals surface area contributed by atoms with Crippen molar-refractivity contribution in [3.8, 4) is 0 Å². The van der Waals surface area contributed by atoms with E-state index in [1.165, 1.54) is 334 Å². The van der Waals surface area contributed by atoms with Gasteiger partial charge in [0.05, 0.1) is 39.9 Å². The van der Waals surface area contributed by atoms with Gasteiger partial charge in [0.2, 0.25) is 5.91 Å². The highest BCUT2D eigenvalue weighted by molar-refractivity contribution is 7.47. The highest BCUT2D eigenvalue weighted by Crippen LogP contribution is 2.43. The van der Waals surface area contributed by atoms with Crippen molar-refractivity contribution in [3.63, 3.8) is 0 Å². The van der Waals surface area contributed by atoms with Crippen LogP contribution in [0.3, 0.4) is 0 Å². The number of aliphatic hydroxyl groups excluding tert-OH is 1. The molecule has 80 heavy (non-hydrogen) atoms. The Morgan fingerprint density at radius 2 is 0.600 bits per heavy atom. The van der Waals surface area contributed by atoms with Crippen LogP contribution in [0, 0.1) is 0 Å². The Labute approximate surface area is 501 Å². The van der Waals surface area contributed by atoms with Gasteiger partial charge in [-0.05, 0) is 12.8 Å². The first-order chi connectivity index (χ1) is 39.0. The summed E-state index contributed by atoms with van der Waals surface area (Å²) in [5.41, 5.74) is 0. The number of phosphoric acid groups is 1. The monoisotopic (exact) mass is 1150 g/mol. The van der Waals surface area contributed by atoms with Gasteiger partial charge < -0.3 is 19.8 Å². The van der Waals surface area contributed by atoms with E-state index in [4.69, 9.17) is 9.05 Å². The maximum atomic E-state index is 13.1. The van der Waals surface area contributed by atoms with Crippen molar-refractivity contribution in [1.82, 2.24) is 5.32 Å². The average Bonchev–Trinajstić information content (AvgIpc) is 3.42. The molecule has 0 aliphatic carbocycles. The van der Waals surface area contributed by atoms with Crippen LogP contribution in [0.1, 0.15) is 399 Å². The maximum absolute atomic E-state index is 13.1. The van der Waals surface area contributed by atoms with Crippen LogP contribution in [0.4, 0.5) is 0 Å². The number of phosphoric ester groups is 1. The van der Waals surface area contributed by atoms with Gasteiger partial charge in [0.25, 0.3) is 0 Å². The molecule has 0 fully saturated rings. The summed E-state index contributed by atoms with van der Waals surface area (Å²) in [6, 6.07) is -0.757. The van der Waals surface area contributed by atoms with E-state index >= 15 is 0 Å². The minimum atomic E-state index is -4.33. The zero-order chi connectivity index (χ0) is 58.4. The van der Waals surface area contributed by atoms with E-state index in [1.54, 1.807) is 0 Å². The molecule has 3 unspecified atom stereocenters. The molecule has 3 atom stereocenters. The number of carbonyl (C=O) groups is 1. The van der Waals surface area contributed by atoms with E-state index in [0.29, 0.717) is 23.9 Å². The molecule has 0 heterocycles. The summed E-state index contributed by atoms with van der Waals surface area (Å²) in [6.07, 6.45) is 79.3. The van der Waals surface area contributed by atoms with Crippen LogP contribution in [0.25, 0.3) is 0 Å². The van der Waals surface area contributed by atoms with E-state index in [0.717, 1.165) is 38.5 Å². The van der Waals surface area contributed by atoms with Gasteiger partial charge in [0, 0.05) is 6.42 Å². The number of quaternary nitrogens is 1. The lowest BCUT2D eigenvalue weighted by atomic mass is 10.0.